The van der Waals surface area contributed by atoms with Crippen molar-refractivity contribution in [3.05, 3.63) is 17.5 Å². The fourth-order valence-electron chi connectivity index (χ4n) is 3.02. The molecule has 3 fully saturated rings. The molecule has 4 rings (SSSR count). The first-order chi connectivity index (χ1) is 9.22. The van der Waals surface area contributed by atoms with Crippen molar-refractivity contribution in [1.29, 1.82) is 0 Å². The Kier molecular flexibility index (Phi) is 2.22. The van der Waals surface area contributed by atoms with Crippen molar-refractivity contribution in [2.75, 3.05) is 19.6 Å². The molecule has 1 aliphatic carbocycles. The Bertz CT molecular complexity index is 549. The number of nitrogens with zero attached hydrogens (tertiary/aromatic N) is 2. The van der Waals surface area contributed by atoms with Crippen LogP contribution >= 0.6 is 0 Å². The molecular formula is C13H15N3O3. The average molecular weight is 261 g/mol. The Labute approximate surface area is 110 Å². The van der Waals surface area contributed by atoms with Crippen molar-refractivity contribution in [3.8, 4) is 0 Å². The van der Waals surface area contributed by atoms with Crippen LogP contribution in [0.25, 0.3) is 0 Å². The molecule has 3 heterocycles. The lowest BCUT2D eigenvalue weighted by molar-refractivity contribution is -0.122. The SMILES string of the molecule is O=C1NC[C@H]2CN(C(=O)c3cc(C4CC4)no3)C[C@@H]12. The number of fused-ring (bicyclic) bond motifs is 1. The van der Waals surface area contributed by atoms with Gasteiger partial charge in [0.05, 0.1) is 11.6 Å². The van der Waals surface area contributed by atoms with E-state index in [4.69, 9.17) is 4.52 Å². The summed E-state index contributed by atoms with van der Waals surface area (Å²) in [6.07, 6.45) is 2.27. The number of likely N-dealkylation sites (tertiary alicyclic amines) is 1. The maximum absolute atomic E-state index is 12.3. The zero-order valence-corrected chi connectivity index (χ0v) is 10.5. The van der Waals surface area contributed by atoms with Crippen molar-refractivity contribution in [3.63, 3.8) is 0 Å². The summed E-state index contributed by atoms with van der Waals surface area (Å²) in [6, 6.07) is 1.76. The van der Waals surface area contributed by atoms with E-state index in [0.29, 0.717) is 31.3 Å². The minimum absolute atomic E-state index is 0.0465. The monoisotopic (exact) mass is 261 g/mol. The molecule has 2 amide bonds. The summed E-state index contributed by atoms with van der Waals surface area (Å²) in [7, 11) is 0. The molecular weight excluding hydrogens is 246 g/mol. The van der Waals surface area contributed by atoms with E-state index in [-0.39, 0.29) is 23.7 Å². The van der Waals surface area contributed by atoms with Gasteiger partial charge in [-0.3, -0.25) is 9.59 Å². The van der Waals surface area contributed by atoms with Crippen LogP contribution in [0.3, 0.4) is 0 Å². The standard InChI is InChI=1S/C13H15N3O3/c17-12-9-6-16(5-8(9)4-14-12)13(18)11-3-10(15-19-11)7-1-2-7/h3,7-9H,1-2,4-6H2,(H,14,17)/t8-,9+/m0/s1. The molecule has 2 aliphatic heterocycles. The van der Waals surface area contributed by atoms with Crippen molar-refractivity contribution in [2.45, 2.75) is 18.8 Å². The molecule has 0 unspecified atom stereocenters. The van der Waals surface area contributed by atoms with E-state index >= 15 is 0 Å². The number of hydrogen-bond donors (Lipinski definition) is 1. The summed E-state index contributed by atoms with van der Waals surface area (Å²) in [5.74, 6) is 0.923. The van der Waals surface area contributed by atoms with Crippen LogP contribution in [0.1, 0.15) is 35.0 Å². The lowest BCUT2D eigenvalue weighted by Crippen LogP contribution is -2.33. The highest BCUT2D eigenvalue weighted by Crippen LogP contribution is 2.39. The predicted molar refractivity (Wildman–Crippen MR) is 64.4 cm³/mol. The van der Waals surface area contributed by atoms with Crippen molar-refractivity contribution in [1.82, 2.24) is 15.4 Å². The molecule has 6 heteroatoms. The minimum atomic E-state index is -0.137. The van der Waals surface area contributed by atoms with Gasteiger partial charge in [0.25, 0.3) is 5.91 Å². The normalized spacial score (nSPS) is 29.5. The Balaban J connectivity index is 1.49. The van der Waals surface area contributed by atoms with Gasteiger partial charge in [0.15, 0.2) is 0 Å². The smallest absolute Gasteiger partial charge is 0.292 e. The third kappa shape index (κ3) is 1.74. The Morgan fingerprint density at radius 2 is 2.26 bits per heavy atom. The quantitative estimate of drug-likeness (QED) is 0.834. The number of hydrogen-bond acceptors (Lipinski definition) is 4. The summed E-state index contributed by atoms with van der Waals surface area (Å²) in [6.45, 7) is 1.80. The van der Waals surface area contributed by atoms with Crippen LogP contribution < -0.4 is 5.32 Å². The van der Waals surface area contributed by atoms with Gasteiger partial charge in [-0.25, -0.2) is 0 Å². The molecule has 19 heavy (non-hydrogen) atoms. The van der Waals surface area contributed by atoms with E-state index in [2.05, 4.69) is 10.5 Å². The van der Waals surface area contributed by atoms with Gasteiger partial charge in [0.1, 0.15) is 0 Å². The molecule has 6 nitrogen and oxygen atoms in total. The number of aromatic nitrogens is 1. The number of amides is 2. The molecule has 2 saturated heterocycles. The van der Waals surface area contributed by atoms with Crippen molar-refractivity contribution in [2.24, 2.45) is 11.8 Å². The molecule has 3 aliphatic rings. The van der Waals surface area contributed by atoms with Gasteiger partial charge < -0.3 is 14.7 Å². The number of rotatable bonds is 2. The molecule has 0 spiro atoms. The molecule has 2 atom stereocenters. The van der Waals surface area contributed by atoms with Crippen LogP contribution in [-0.2, 0) is 4.79 Å². The number of nitrogens with one attached hydrogen (secondary N) is 1. The predicted octanol–water partition coefficient (Wildman–Crippen LogP) is 0.370. The van der Waals surface area contributed by atoms with Gasteiger partial charge in [0, 0.05) is 37.5 Å². The van der Waals surface area contributed by atoms with Gasteiger partial charge >= 0.3 is 0 Å². The molecule has 1 N–H and O–H groups in total. The first-order valence-corrected chi connectivity index (χ1v) is 6.76. The lowest BCUT2D eigenvalue weighted by atomic mass is 10.0. The van der Waals surface area contributed by atoms with E-state index in [1.807, 2.05) is 0 Å². The largest absolute Gasteiger partial charge is 0.355 e. The van der Waals surface area contributed by atoms with Gasteiger partial charge in [0.2, 0.25) is 11.7 Å². The van der Waals surface area contributed by atoms with E-state index < -0.39 is 0 Å². The minimum Gasteiger partial charge on any atom is -0.355 e. The van der Waals surface area contributed by atoms with Crippen molar-refractivity contribution >= 4 is 11.8 Å². The lowest BCUT2D eigenvalue weighted by Gasteiger charge is -2.14. The topological polar surface area (TPSA) is 75.4 Å². The van der Waals surface area contributed by atoms with Crippen LogP contribution in [0.5, 0.6) is 0 Å². The molecule has 0 radical (unpaired) electrons. The summed E-state index contributed by atoms with van der Waals surface area (Å²) in [4.78, 5) is 25.6. The Hall–Kier alpha value is -1.85. The molecule has 1 saturated carbocycles. The van der Waals surface area contributed by atoms with E-state index in [1.54, 1.807) is 11.0 Å². The van der Waals surface area contributed by atoms with Crippen LogP contribution in [-0.4, -0.2) is 41.5 Å². The van der Waals surface area contributed by atoms with E-state index in [1.165, 1.54) is 0 Å². The van der Waals surface area contributed by atoms with Crippen LogP contribution in [0.4, 0.5) is 0 Å². The second-order valence-electron chi connectivity index (χ2n) is 5.71. The average Bonchev–Trinajstić information content (AvgIpc) is 2.88. The highest BCUT2D eigenvalue weighted by atomic mass is 16.5. The fourth-order valence-corrected chi connectivity index (χ4v) is 3.02. The second-order valence-corrected chi connectivity index (χ2v) is 5.71. The number of carbonyl (C=O) groups is 2. The van der Waals surface area contributed by atoms with Crippen LogP contribution in [0.2, 0.25) is 0 Å². The third-order valence-electron chi connectivity index (χ3n) is 4.34. The highest BCUT2D eigenvalue weighted by molar-refractivity contribution is 5.93. The summed E-state index contributed by atoms with van der Waals surface area (Å²) in [5.41, 5.74) is 0.889. The molecule has 100 valence electrons. The maximum atomic E-state index is 12.3. The Morgan fingerprint density at radius 3 is 3.00 bits per heavy atom. The van der Waals surface area contributed by atoms with Gasteiger partial charge in [-0.05, 0) is 12.8 Å². The number of carbonyl (C=O) groups excluding carboxylic acids is 2. The summed E-state index contributed by atoms with van der Waals surface area (Å²) < 4.78 is 5.15. The Morgan fingerprint density at radius 1 is 1.42 bits per heavy atom. The first-order valence-electron chi connectivity index (χ1n) is 6.76. The van der Waals surface area contributed by atoms with E-state index in [9.17, 15) is 9.59 Å². The van der Waals surface area contributed by atoms with E-state index in [0.717, 1.165) is 18.5 Å². The first kappa shape index (κ1) is 11.0. The third-order valence-corrected chi connectivity index (χ3v) is 4.34. The summed E-state index contributed by atoms with van der Waals surface area (Å²) in [5, 5.41) is 6.79. The van der Waals surface area contributed by atoms with Gasteiger partial charge in [-0.1, -0.05) is 5.16 Å². The van der Waals surface area contributed by atoms with Crippen molar-refractivity contribution < 1.29 is 14.1 Å². The molecule has 0 aromatic carbocycles. The van der Waals surface area contributed by atoms with Crippen LogP contribution in [0.15, 0.2) is 10.6 Å². The molecule has 1 aromatic rings. The molecule has 0 bridgehead atoms. The maximum Gasteiger partial charge on any atom is 0.292 e. The van der Waals surface area contributed by atoms with Gasteiger partial charge in [-0.2, -0.15) is 0 Å². The zero-order valence-electron chi connectivity index (χ0n) is 10.5. The van der Waals surface area contributed by atoms with Gasteiger partial charge in [-0.15, -0.1) is 0 Å². The zero-order chi connectivity index (χ0) is 13.0. The summed E-state index contributed by atoms with van der Waals surface area (Å²) >= 11 is 0. The molecule has 1 aromatic heterocycles. The van der Waals surface area contributed by atoms with Crippen LogP contribution in [0, 0.1) is 11.8 Å². The fraction of sp³-hybridized carbons (Fsp3) is 0.615. The second kappa shape index (κ2) is 3.82. The highest BCUT2D eigenvalue weighted by Gasteiger charge is 2.44.